The van der Waals surface area contributed by atoms with Gasteiger partial charge in [-0.25, -0.2) is 0 Å². The molecule has 21 heavy (non-hydrogen) atoms. The van der Waals surface area contributed by atoms with E-state index in [0.717, 1.165) is 31.0 Å². The first-order valence-corrected chi connectivity index (χ1v) is 8.53. The maximum Gasteiger partial charge on any atom is 0.251 e. The number of rotatable bonds is 4. The summed E-state index contributed by atoms with van der Waals surface area (Å²) in [7, 11) is 0. The maximum atomic E-state index is 12.2. The third-order valence-corrected chi connectivity index (χ3v) is 4.52. The van der Waals surface area contributed by atoms with E-state index < -0.39 is 0 Å². The summed E-state index contributed by atoms with van der Waals surface area (Å²) >= 11 is 1.90. The van der Waals surface area contributed by atoms with Gasteiger partial charge in [0.1, 0.15) is 0 Å². The molecule has 0 spiro atoms. The van der Waals surface area contributed by atoms with Crippen LogP contribution in [0.1, 0.15) is 30.1 Å². The molecule has 1 aliphatic heterocycles. The zero-order chi connectivity index (χ0) is 15.1. The van der Waals surface area contributed by atoms with E-state index in [1.54, 1.807) is 12.1 Å². The molecule has 1 saturated heterocycles. The second kappa shape index (κ2) is 8.08. The number of benzene rings is 1. The van der Waals surface area contributed by atoms with Crippen molar-refractivity contribution in [2.24, 2.45) is 0 Å². The van der Waals surface area contributed by atoms with Crippen LogP contribution in [0.2, 0.25) is 0 Å². The average Bonchev–Trinajstić information content (AvgIpc) is 2.77. The highest BCUT2D eigenvalue weighted by Crippen LogP contribution is 2.11. The molecule has 0 saturated carbocycles. The lowest BCUT2D eigenvalue weighted by Crippen LogP contribution is -2.40. The molecule has 1 fully saturated rings. The summed E-state index contributed by atoms with van der Waals surface area (Å²) in [4.78, 5) is 26.2. The van der Waals surface area contributed by atoms with Crippen molar-refractivity contribution in [3.63, 3.8) is 0 Å². The minimum Gasteiger partial charge on any atom is -0.349 e. The molecular weight excluding hydrogens is 284 g/mol. The minimum absolute atomic E-state index is 0.123. The summed E-state index contributed by atoms with van der Waals surface area (Å²) < 4.78 is 0. The second-order valence-corrected chi connectivity index (χ2v) is 6.52. The van der Waals surface area contributed by atoms with Crippen molar-refractivity contribution in [2.75, 3.05) is 24.6 Å². The van der Waals surface area contributed by atoms with Crippen LogP contribution in [0, 0.1) is 0 Å². The molecule has 1 aromatic carbocycles. The average molecular weight is 306 g/mol. The molecule has 4 nitrogen and oxygen atoms in total. The Balaban J connectivity index is 1.82. The number of amides is 2. The standard InChI is InChI=1S/C16H22N2O2S/c1-13(17-16(20)14-6-3-2-4-7-14)12-15(19)18-8-5-10-21-11-9-18/h2-4,6-7,13H,5,8-12H2,1H3,(H,17,20)/t13-/m1/s1. The van der Waals surface area contributed by atoms with Gasteiger partial charge in [-0.3, -0.25) is 9.59 Å². The molecule has 1 atom stereocenters. The van der Waals surface area contributed by atoms with Crippen molar-refractivity contribution >= 4 is 23.6 Å². The molecule has 2 rings (SSSR count). The number of nitrogens with zero attached hydrogens (tertiary/aromatic N) is 1. The van der Waals surface area contributed by atoms with Gasteiger partial charge in [0.05, 0.1) is 0 Å². The number of hydrogen-bond donors (Lipinski definition) is 1. The zero-order valence-electron chi connectivity index (χ0n) is 12.4. The van der Waals surface area contributed by atoms with Crippen LogP contribution in [0.4, 0.5) is 0 Å². The third kappa shape index (κ3) is 5.08. The molecule has 1 heterocycles. The molecule has 0 bridgehead atoms. The highest BCUT2D eigenvalue weighted by atomic mass is 32.2. The van der Waals surface area contributed by atoms with Crippen molar-refractivity contribution < 1.29 is 9.59 Å². The Morgan fingerprint density at radius 3 is 2.76 bits per heavy atom. The van der Waals surface area contributed by atoms with Crippen molar-refractivity contribution in [1.82, 2.24) is 10.2 Å². The van der Waals surface area contributed by atoms with E-state index in [1.165, 1.54) is 0 Å². The van der Waals surface area contributed by atoms with Crippen LogP contribution in [-0.2, 0) is 4.79 Å². The molecule has 1 N–H and O–H groups in total. The lowest BCUT2D eigenvalue weighted by molar-refractivity contribution is -0.131. The van der Waals surface area contributed by atoms with E-state index in [4.69, 9.17) is 0 Å². The Kier molecular flexibility index (Phi) is 6.11. The quantitative estimate of drug-likeness (QED) is 0.927. The fourth-order valence-electron chi connectivity index (χ4n) is 2.33. The molecule has 0 aromatic heterocycles. The van der Waals surface area contributed by atoms with Crippen LogP contribution in [0.15, 0.2) is 30.3 Å². The van der Waals surface area contributed by atoms with Crippen LogP contribution in [-0.4, -0.2) is 47.4 Å². The smallest absolute Gasteiger partial charge is 0.251 e. The predicted octanol–water partition coefficient (Wildman–Crippen LogP) is 2.16. The highest BCUT2D eigenvalue weighted by Gasteiger charge is 2.19. The van der Waals surface area contributed by atoms with E-state index in [2.05, 4.69) is 5.32 Å². The van der Waals surface area contributed by atoms with Crippen molar-refractivity contribution in [3.05, 3.63) is 35.9 Å². The van der Waals surface area contributed by atoms with Gasteiger partial charge in [0, 0.05) is 36.9 Å². The molecule has 2 amide bonds. The summed E-state index contributed by atoms with van der Waals surface area (Å²) in [6.07, 6.45) is 1.42. The first-order chi connectivity index (χ1) is 10.2. The Morgan fingerprint density at radius 1 is 1.24 bits per heavy atom. The van der Waals surface area contributed by atoms with Gasteiger partial charge in [-0.1, -0.05) is 18.2 Å². The fraction of sp³-hybridized carbons (Fsp3) is 0.500. The topological polar surface area (TPSA) is 49.4 Å². The predicted molar refractivity (Wildman–Crippen MR) is 86.5 cm³/mol. The van der Waals surface area contributed by atoms with Crippen LogP contribution in [0.5, 0.6) is 0 Å². The molecule has 114 valence electrons. The Hall–Kier alpha value is -1.49. The zero-order valence-corrected chi connectivity index (χ0v) is 13.2. The number of carbonyl (C=O) groups is 2. The largest absolute Gasteiger partial charge is 0.349 e. The van der Waals surface area contributed by atoms with Crippen LogP contribution in [0.25, 0.3) is 0 Å². The number of thioether (sulfide) groups is 1. The molecule has 1 aliphatic rings. The van der Waals surface area contributed by atoms with E-state index >= 15 is 0 Å². The highest BCUT2D eigenvalue weighted by molar-refractivity contribution is 7.99. The van der Waals surface area contributed by atoms with Crippen LogP contribution < -0.4 is 5.32 Å². The summed E-state index contributed by atoms with van der Waals surface area (Å²) in [6.45, 7) is 3.54. The van der Waals surface area contributed by atoms with E-state index in [-0.39, 0.29) is 17.9 Å². The van der Waals surface area contributed by atoms with Crippen molar-refractivity contribution in [2.45, 2.75) is 25.8 Å². The van der Waals surface area contributed by atoms with Gasteiger partial charge in [0.15, 0.2) is 0 Å². The third-order valence-electron chi connectivity index (χ3n) is 3.47. The van der Waals surface area contributed by atoms with Gasteiger partial charge in [-0.05, 0) is 31.2 Å². The Morgan fingerprint density at radius 2 is 2.00 bits per heavy atom. The van der Waals surface area contributed by atoms with Gasteiger partial charge in [-0.15, -0.1) is 0 Å². The monoisotopic (exact) mass is 306 g/mol. The van der Waals surface area contributed by atoms with Crippen LogP contribution >= 0.6 is 11.8 Å². The fourth-order valence-corrected chi connectivity index (χ4v) is 3.22. The molecule has 0 radical (unpaired) electrons. The molecule has 1 aromatic rings. The first kappa shape index (κ1) is 15.9. The maximum absolute atomic E-state index is 12.2. The van der Waals surface area contributed by atoms with Gasteiger partial charge in [0.25, 0.3) is 5.91 Å². The summed E-state index contributed by atoms with van der Waals surface area (Å²) in [6, 6.07) is 8.94. The second-order valence-electron chi connectivity index (χ2n) is 5.29. The van der Waals surface area contributed by atoms with Gasteiger partial charge in [0.2, 0.25) is 5.91 Å². The number of hydrogen-bond acceptors (Lipinski definition) is 3. The number of nitrogens with one attached hydrogen (secondary N) is 1. The van der Waals surface area contributed by atoms with Crippen molar-refractivity contribution in [1.29, 1.82) is 0 Å². The molecule has 0 aliphatic carbocycles. The van der Waals surface area contributed by atoms with Gasteiger partial charge in [-0.2, -0.15) is 11.8 Å². The summed E-state index contributed by atoms with van der Waals surface area (Å²) in [5.41, 5.74) is 0.628. The van der Waals surface area contributed by atoms with Crippen LogP contribution in [0.3, 0.4) is 0 Å². The number of carbonyl (C=O) groups excluding carboxylic acids is 2. The van der Waals surface area contributed by atoms with E-state index in [1.807, 2.05) is 41.8 Å². The first-order valence-electron chi connectivity index (χ1n) is 7.38. The lowest BCUT2D eigenvalue weighted by atomic mass is 10.1. The lowest BCUT2D eigenvalue weighted by Gasteiger charge is -2.22. The Labute approximate surface area is 130 Å². The molecule has 0 unspecified atom stereocenters. The van der Waals surface area contributed by atoms with Crippen molar-refractivity contribution in [3.8, 4) is 0 Å². The summed E-state index contributed by atoms with van der Waals surface area (Å²) in [5.74, 6) is 2.15. The molecule has 5 heteroatoms. The van der Waals surface area contributed by atoms with Gasteiger partial charge >= 0.3 is 0 Å². The van der Waals surface area contributed by atoms with Gasteiger partial charge < -0.3 is 10.2 Å². The van der Waals surface area contributed by atoms with E-state index in [0.29, 0.717) is 12.0 Å². The normalized spacial score (nSPS) is 16.9. The molecular formula is C16H22N2O2S. The SMILES string of the molecule is C[C@H](CC(=O)N1CCCSCC1)NC(=O)c1ccccc1. The minimum atomic E-state index is -0.152. The summed E-state index contributed by atoms with van der Waals surface area (Å²) in [5, 5.41) is 2.89. The Bertz CT molecular complexity index is 470. The van der Waals surface area contributed by atoms with E-state index in [9.17, 15) is 9.59 Å².